The zero-order valence-electron chi connectivity index (χ0n) is 14.1. The predicted molar refractivity (Wildman–Crippen MR) is 90.7 cm³/mol. The Morgan fingerprint density at radius 1 is 0.783 bits per heavy atom. The molecule has 0 aliphatic heterocycles. The molecule has 0 heterocycles. The number of hydrogen-bond donors (Lipinski definition) is 2. The molecule has 4 nitrogen and oxygen atoms in total. The molecule has 0 aromatic heterocycles. The number of ether oxygens (including phenoxy) is 2. The van der Waals surface area contributed by atoms with Crippen LogP contribution in [0.25, 0.3) is 0 Å². The number of para-hydroxylation sites is 2. The molecule has 2 rings (SSSR count). The van der Waals surface area contributed by atoms with Crippen LogP contribution in [0.1, 0.15) is 38.8 Å². The molecule has 0 bridgehead atoms. The lowest BCUT2D eigenvalue weighted by molar-refractivity contribution is 0.301. The van der Waals surface area contributed by atoms with Gasteiger partial charge in [-0.25, -0.2) is 0 Å². The Labute approximate surface area is 137 Å². The lowest BCUT2D eigenvalue weighted by atomic mass is 9.77. The summed E-state index contributed by atoms with van der Waals surface area (Å²) in [5, 5.41) is 20.3. The van der Waals surface area contributed by atoms with Crippen molar-refractivity contribution in [2.75, 3.05) is 13.2 Å². The van der Waals surface area contributed by atoms with E-state index in [1.165, 1.54) is 0 Å². The molecule has 0 aliphatic carbocycles. The Hall–Kier alpha value is -2.36. The van der Waals surface area contributed by atoms with E-state index in [-0.39, 0.29) is 11.5 Å². The summed E-state index contributed by atoms with van der Waals surface area (Å²) < 4.78 is 11.3. The van der Waals surface area contributed by atoms with E-state index in [0.717, 1.165) is 11.1 Å². The van der Waals surface area contributed by atoms with E-state index < -0.39 is 5.41 Å². The first-order valence-electron chi connectivity index (χ1n) is 7.84. The lowest BCUT2D eigenvalue weighted by Crippen LogP contribution is -2.21. The Kier molecular flexibility index (Phi) is 5.04. The van der Waals surface area contributed by atoms with E-state index in [2.05, 4.69) is 0 Å². The normalized spacial score (nSPS) is 11.3. The van der Waals surface area contributed by atoms with Crippen LogP contribution in [-0.2, 0) is 5.41 Å². The van der Waals surface area contributed by atoms with Gasteiger partial charge in [-0.2, -0.15) is 0 Å². The van der Waals surface area contributed by atoms with Crippen molar-refractivity contribution < 1.29 is 19.7 Å². The predicted octanol–water partition coefficient (Wildman–Crippen LogP) is 4.22. The van der Waals surface area contributed by atoms with Gasteiger partial charge in [0, 0.05) is 16.5 Å². The molecule has 0 saturated carbocycles. The highest BCUT2D eigenvalue weighted by molar-refractivity contribution is 5.58. The topological polar surface area (TPSA) is 58.9 Å². The maximum Gasteiger partial charge on any atom is 0.164 e. The quantitative estimate of drug-likeness (QED) is 0.837. The van der Waals surface area contributed by atoms with Crippen molar-refractivity contribution in [2.45, 2.75) is 33.1 Å². The summed E-state index contributed by atoms with van der Waals surface area (Å²) in [6.07, 6.45) is 0. The Morgan fingerprint density at radius 3 is 1.52 bits per heavy atom. The van der Waals surface area contributed by atoms with Crippen molar-refractivity contribution >= 4 is 0 Å². The molecular weight excluding hydrogens is 292 g/mol. The van der Waals surface area contributed by atoms with E-state index in [4.69, 9.17) is 9.47 Å². The van der Waals surface area contributed by atoms with Gasteiger partial charge in [-0.1, -0.05) is 38.1 Å². The van der Waals surface area contributed by atoms with E-state index in [0.29, 0.717) is 24.7 Å². The number of phenols is 2. The second-order valence-electron chi connectivity index (χ2n) is 5.80. The first-order chi connectivity index (χ1) is 10.9. The minimum atomic E-state index is -0.521. The molecular formula is C19H24O4. The summed E-state index contributed by atoms with van der Waals surface area (Å²) in [7, 11) is 0. The summed E-state index contributed by atoms with van der Waals surface area (Å²) >= 11 is 0. The van der Waals surface area contributed by atoms with Crippen LogP contribution < -0.4 is 9.47 Å². The van der Waals surface area contributed by atoms with Crippen LogP contribution in [-0.4, -0.2) is 23.4 Å². The Bertz CT molecular complexity index is 620. The zero-order valence-corrected chi connectivity index (χ0v) is 14.1. The summed E-state index contributed by atoms with van der Waals surface area (Å²) in [6.45, 7) is 8.70. The van der Waals surface area contributed by atoms with Crippen LogP contribution in [0.3, 0.4) is 0 Å². The highest BCUT2D eigenvalue weighted by atomic mass is 16.5. The molecule has 23 heavy (non-hydrogen) atoms. The van der Waals surface area contributed by atoms with Gasteiger partial charge in [-0.3, -0.25) is 0 Å². The average Bonchev–Trinajstić information content (AvgIpc) is 2.51. The van der Waals surface area contributed by atoms with Crippen LogP contribution in [0.2, 0.25) is 0 Å². The maximum absolute atomic E-state index is 10.2. The Balaban J connectivity index is 2.64. The second kappa shape index (κ2) is 6.82. The summed E-state index contributed by atoms with van der Waals surface area (Å²) in [4.78, 5) is 0. The van der Waals surface area contributed by atoms with Crippen LogP contribution in [0.4, 0.5) is 0 Å². The van der Waals surface area contributed by atoms with Crippen molar-refractivity contribution in [3.63, 3.8) is 0 Å². The van der Waals surface area contributed by atoms with Crippen LogP contribution >= 0.6 is 0 Å². The SMILES string of the molecule is CCOc1c(O)cccc1C(C)(C)c1cccc(O)c1OCC. The third kappa shape index (κ3) is 3.21. The van der Waals surface area contributed by atoms with E-state index in [1.807, 2.05) is 39.8 Å². The van der Waals surface area contributed by atoms with Gasteiger partial charge in [0.15, 0.2) is 23.0 Å². The number of phenolic OH excluding ortho intramolecular Hbond substituents is 2. The molecule has 0 atom stereocenters. The Morgan fingerprint density at radius 2 is 1.17 bits per heavy atom. The average molecular weight is 316 g/mol. The third-order valence-electron chi connectivity index (χ3n) is 3.91. The van der Waals surface area contributed by atoms with Crippen molar-refractivity contribution in [1.29, 1.82) is 0 Å². The molecule has 2 N–H and O–H groups in total. The fourth-order valence-corrected chi connectivity index (χ4v) is 2.77. The zero-order chi connectivity index (χ0) is 17.0. The number of aromatic hydroxyl groups is 2. The largest absolute Gasteiger partial charge is 0.504 e. The fraction of sp³-hybridized carbons (Fsp3) is 0.368. The van der Waals surface area contributed by atoms with Crippen molar-refractivity contribution in [1.82, 2.24) is 0 Å². The fourth-order valence-electron chi connectivity index (χ4n) is 2.77. The van der Waals surface area contributed by atoms with Crippen LogP contribution in [0.15, 0.2) is 36.4 Å². The molecule has 0 amide bonds. The molecule has 0 aliphatic rings. The van der Waals surface area contributed by atoms with Gasteiger partial charge in [0.2, 0.25) is 0 Å². The summed E-state index contributed by atoms with van der Waals surface area (Å²) in [5.41, 5.74) is 1.16. The van der Waals surface area contributed by atoms with E-state index >= 15 is 0 Å². The molecule has 4 heteroatoms. The first-order valence-corrected chi connectivity index (χ1v) is 7.84. The van der Waals surface area contributed by atoms with Gasteiger partial charge < -0.3 is 19.7 Å². The minimum absolute atomic E-state index is 0.107. The second-order valence-corrected chi connectivity index (χ2v) is 5.80. The maximum atomic E-state index is 10.2. The first kappa shape index (κ1) is 17.0. The standard InChI is InChI=1S/C19H24O4/c1-5-22-17-13(9-7-11-15(17)20)19(3,4)14-10-8-12-16(21)18(14)23-6-2/h7-12,20-21H,5-6H2,1-4H3. The van der Waals surface area contributed by atoms with Crippen LogP contribution in [0, 0.1) is 0 Å². The third-order valence-corrected chi connectivity index (χ3v) is 3.91. The van der Waals surface area contributed by atoms with Gasteiger partial charge >= 0.3 is 0 Å². The van der Waals surface area contributed by atoms with Gasteiger partial charge in [0.05, 0.1) is 13.2 Å². The van der Waals surface area contributed by atoms with Gasteiger partial charge in [0.1, 0.15) is 0 Å². The smallest absolute Gasteiger partial charge is 0.164 e. The molecule has 0 saturated heterocycles. The monoisotopic (exact) mass is 316 g/mol. The molecule has 124 valence electrons. The highest BCUT2D eigenvalue weighted by Crippen LogP contribution is 2.46. The highest BCUT2D eigenvalue weighted by Gasteiger charge is 2.32. The van der Waals surface area contributed by atoms with E-state index in [9.17, 15) is 10.2 Å². The molecule has 2 aromatic rings. The van der Waals surface area contributed by atoms with Gasteiger partial charge in [0.25, 0.3) is 0 Å². The van der Waals surface area contributed by atoms with Gasteiger partial charge in [-0.05, 0) is 26.0 Å². The molecule has 0 fully saturated rings. The minimum Gasteiger partial charge on any atom is -0.504 e. The van der Waals surface area contributed by atoms with Crippen molar-refractivity contribution in [2.24, 2.45) is 0 Å². The van der Waals surface area contributed by atoms with E-state index in [1.54, 1.807) is 24.3 Å². The van der Waals surface area contributed by atoms with Gasteiger partial charge in [-0.15, -0.1) is 0 Å². The molecule has 2 aromatic carbocycles. The molecule has 0 radical (unpaired) electrons. The van der Waals surface area contributed by atoms with Crippen LogP contribution in [0.5, 0.6) is 23.0 Å². The number of benzene rings is 2. The molecule has 0 spiro atoms. The summed E-state index contributed by atoms with van der Waals surface area (Å²) in [5.74, 6) is 1.14. The number of hydrogen-bond acceptors (Lipinski definition) is 4. The lowest BCUT2D eigenvalue weighted by Gasteiger charge is -2.30. The van der Waals surface area contributed by atoms with Crippen molar-refractivity contribution in [3.8, 4) is 23.0 Å². The summed E-state index contributed by atoms with van der Waals surface area (Å²) in [6, 6.07) is 10.6. The number of rotatable bonds is 6. The van der Waals surface area contributed by atoms with Crippen molar-refractivity contribution in [3.05, 3.63) is 47.5 Å². The molecule has 0 unspecified atom stereocenters.